The molecule has 15 heavy (non-hydrogen) atoms. The Bertz CT molecular complexity index is 307. The molecule has 4 heteroatoms. The number of rotatable bonds is 3. The summed E-state index contributed by atoms with van der Waals surface area (Å²) in [5.74, 6) is 0. The van der Waals surface area contributed by atoms with Crippen molar-refractivity contribution in [1.29, 1.82) is 0 Å². The van der Waals surface area contributed by atoms with Crippen LogP contribution in [0.2, 0.25) is 0 Å². The summed E-state index contributed by atoms with van der Waals surface area (Å²) in [7, 11) is 0. The van der Waals surface area contributed by atoms with E-state index in [-0.39, 0.29) is 12.8 Å². The Hall–Kier alpha value is -1.03. The summed E-state index contributed by atoms with van der Waals surface area (Å²) in [6.45, 7) is 1.45. The lowest BCUT2D eigenvalue weighted by Gasteiger charge is -2.30. The van der Waals surface area contributed by atoms with Gasteiger partial charge in [-0.2, -0.15) is 13.2 Å². The Morgan fingerprint density at radius 1 is 1.13 bits per heavy atom. The molecule has 1 atom stereocenters. The van der Waals surface area contributed by atoms with E-state index in [0.29, 0.717) is 5.56 Å². The second kappa shape index (κ2) is 4.23. The molecule has 0 aromatic heterocycles. The van der Waals surface area contributed by atoms with Crippen molar-refractivity contribution in [1.82, 2.24) is 0 Å². The van der Waals surface area contributed by atoms with Crippen LogP contribution in [0, 0.1) is 0 Å². The van der Waals surface area contributed by atoms with Gasteiger partial charge in [0.25, 0.3) is 0 Å². The third kappa shape index (κ3) is 2.72. The van der Waals surface area contributed by atoms with E-state index in [1.54, 1.807) is 30.3 Å². The van der Waals surface area contributed by atoms with Crippen molar-refractivity contribution in [3.05, 3.63) is 35.9 Å². The summed E-state index contributed by atoms with van der Waals surface area (Å²) >= 11 is 0. The standard InChI is InChI=1S/C11H14F3N/c1-2-10(15,11(12,13)14)8-9-6-4-3-5-7-9/h3-7H,2,8,15H2,1H3. The molecule has 1 aromatic carbocycles. The number of benzene rings is 1. The van der Waals surface area contributed by atoms with Gasteiger partial charge in [0.15, 0.2) is 0 Å². The van der Waals surface area contributed by atoms with Crippen molar-refractivity contribution < 1.29 is 13.2 Å². The monoisotopic (exact) mass is 217 g/mol. The normalized spacial score (nSPS) is 16.1. The number of hydrogen-bond acceptors (Lipinski definition) is 1. The van der Waals surface area contributed by atoms with E-state index < -0.39 is 11.7 Å². The molecule has 0 heterocycles. The van der Waals surface area contributed by atoms with E-state index in [9.17, 15) is 13.2 Å². The first-order valence-electron chi connectivity index (χ1n) is 4.78. The van der Waals surface area contributed by atoms with E-state index in [2.05, 4.69) is 0 Å². The summed E-state index contributed by atoms with van der Waals surface area (Å²) in [5.41, 5.74) is 3.88. The largest absolute Gasteiger partial charge is 0.406 e. The minimum atomic E-state index is -4.36. The summed E-state index contributed by atoms with van der Waals surface area (Å²) in [6.07, 6.45) is -4.66. The van der Waals surface area contributed by atoms with Crippen LogP contribution in [0.5, 0.6) is 0 Å². The molecule has 0 fully saturated rings. The molecule has 1 rings (SSSR count). The summed E-state index contributed by atoms with van der Waals surface area (Å²) in [4.78, 5) is 0. The van der Waals surface area contributed by atoms with E-state index in [1.165, 1.54) is 6.92 Å². The van der Waals surface area contributed by atoms with Gasteiger partial charge in [-0.3, -0.25) is 0 Å². The van der Waals surface area contributed by atoms with Crippen LogP contribution < -0.4 is 5.73 Å². The van der Waals surface area contributed by atoms with Gasteiger partial charge in [0.2, 0.25) is 0 Å². The van der Waals surface area contributed by atoms with Crippen molar-refractivity contribution in [2.45, 2.75) is 31.5 Å². The highest BCUT2D eigenvalue weighted by Gasteiger charge is 2.50. The lowest BCUT2D eigenvalue weighted by Crippen LogP contribution is -2.54. The second-order valence-corrected chi connectivity index (χ2v) is 3.67. The smallest absolute Gasteiger partial charge is 0.317 e. The molecule has 0 saturated heterocycles. The molecule has 0 aliphatic heterocycles. The molecule has 0 bridgehead atoms. The quantitative estimate of drug-likeness (QED) is 0.827. The van der Waals surface area contributed by atoms with Gasteiger partial charge in [-0.15, -0.1) is 0 Å². The van der Waals surface area contributed by atoms with E-state index in [0.717, 1.165) is 0 Å². The van der Waals surface area contributed by atoms with Gasteiger partial charge in [-0.05, 0) is 18.4 Å². The molecular weight excluding hydrogens is 203 g/mol. The maximum atomic E-state index is 12.7. The van der Waals surface area contributed by atoms with Crippen molar-refractivity contribution in [3.63, 3.8) is 0 Å². The molecule has 84 valence electrons. The summed E-state index contributed by atoms with van der Waals surface area (Å²) < 4.78 is 38.0. The average Bonchev–Trinajstić information content (AvgIpc) is 2.17. The molecule has 2 N–H and O–H groups in total. The molecule has 1 nitrogen and oxygen atoms in total. The minimum absolute atomic E-state index is 0.120. The van der Waals surface area contributed by atoms with Gasteiger partial charge in [0.05, 0.1) is 0 Å². The van der Waals surface area contributed by atoms with Gasteiger partial charge in [-0.25, -0.2) is 0 Å². The predicted molar refractivity (Wildman–Crippen MR) is 53.4 cm³/mol. The van der Waals surface area contributed by atoms with Crippen LogP contribution in [0.25, 0.3) is 0 Å². The van der Waals surface area contributed by atoms with Crippen LogP contribution in [-0.2, 0) is 6.42 Å². The molecular formula is C11H14F3N. The minimum Gasteiger partial charge on any atom is -0.317 e. The van der Waals surface area contributed by atoms with Crippen molar-refractivity contribution in [2.24, 2.45) is 5.73 Å². The van der Waals surface area contributed by atoms with Crippen LogP contribution in [0.4, 0.5) is 13.2 Å². The van der Waals surface area contributed by atoms with Crippen LogP contribution in [0.15, 0.2) is 30.3 Å². The molecule has 1 aromatic rings. The number of nitrogens with two attached hydrogens (primary N) is 1. The van der Waals surface area contributed by atoms with Crippen LogP contribution in [0.3, 0.4) is 0 Å². The topological polar surface area (TPSA) is 26.0 Å². The first kappa shape index (κ1) is 12.0. The second-order valence-electron chi connectivity index (χ2n) is 3.67. The Morgan fingerprint density at radius 2 is 1.67 bits per heavy atom. The molecule has 0 spiro atoms. The lowest BCUT2D eigenvalue weighted by atomic mass is 9.88. The Morgan fingerprint density at radius 3 is 2.07 bits per heavy atom. The van der Waals surface area contributed by atoms with Gasteiger partial charge < -0.3 is 5.73 Å². The van der Waals surface area contributed by atoms with Gasteiger partial charge in [0, 0.05) is 0 Å². The summed E-state index contributed by atoms with van der Waals surface area (Å²) in [5, 5.41) is 0. The highest BCUT2D eigenvalue weighted by Crippen LogP contribution is 2.33. The molecule has 0 aliphatic rings. The van der Waals surface area contributed by atoms with Crippen LogP contribution >= 0.6 is 0 Å². The van der Waals surface area contributed by atoms with Crippen LogP contribution in [0.1, 0.15) is 18.9 Å². The van der Waals surface area contributed by atoms with Gasteiger partial charge in [0.1, 0.15) is 5.54 Å². The fourth-order valence-electron chi connectivity index (χ4n) is 1.39. The average molecular weight is 217 g/mol. The van der Waals surface area contributed by atoms with Crippen molar-refractivity contribution in [2.75, 3.05) is 0 Å². The SMILES string of the molecule is CCC(N)(Cc1ccccc1)C(F)(F)F. The Labute approximate surface area is 87.1 Å². The molecule has 1 unspecified atom stereocenters. The van der Waals surface area contributed by atoms with E-state index in [4.69, 9.17) is 5.73 Å². The lowest BCUT2D eigenvalue weighted by molar-refractivity contribution is -0.186. The highest BCUT2D eigenvalue weighted by atomic mass is 19.4. The van der Waals surface area contributed by atoms with E-state index in [1.807, 2.05) is 0 Å². The highest BCUT2D eigenvalue weighted by molar-refractivity contribution is 5.18. The van der Waals surface area contributed by atoms with E-state index >= 15 is 0 Å². The van der Waals surface area contributed by atoms with Crippen molar-refractivity contribution in [3.8, 4) is 0 Å². The third-order valence-corrected chi connectivity index (χ3v) is 2.56. The number of alkyl halides is 3. The molecule has 0 radical (unpaired) electrons. The zero-order valence-electron chi connectivity index (χ0n) is 8.51. The molecule has 0 amide bonds. The van der Waals surface area contributed by atoms with Gasteiger partial charge in [-0.1, -0.05) is 37.3 Å². The zero-order valence-corrected chi connectivity index (χ0v) is 8.51. The first-order valence-corrected chi connectivity index (χ1v) is 4.78. The maximum Gasteiger partial charge on any atom is 0.406 e. The number of hydrogen-bond donors (Lipinski definition) is 1. The zero-order chi connectivity index (χ0) is 11.5. The maximum absolute atomic E-state index is 12.7. The van der Waals surface area contributed by atoms with Crippen molar-refractivity contribution >= 4 is 0 Å². The predicted octanol–water partition coefficient (Wildman–Crippen LogP) is 2.90. The van der Waals surface area contributed by atoms with Crippen LogP contribution in [-0.4, -0.2) is 11.7 Å². The molecule has 0 saturated carbocycles. The fraction of sp³-hybridized carbons (Fsp3) is 0.455. The third-order valence-electron chi connectivity index (χ3n) is 2.56. The summed E-state index contributed by atoms with van der Waals surface area (Å²) in [6, 6.07) is 8.50. The fourth-order valence-corrected chi connectivity index (χ4v) is 1.39. The Kier molecular flexibility index (Phi) is 3.39. The molecule has 0 aliphatic carbocycles. The first-order chi connectivity index (χ1) is 6.89. The number of halogens is 3. The Balaban J connectivity index is 2.87. The van der Waals surface area contributed by atoms with Gasteiger partial charge >= 0.3 is 6.18 Å².